The Hall–Kier alpha value is -3.52. The molecular formula is C41H43F3IrNO3S-. The van der Waals surface area contributed by atoms with Crippen molar-refractivity contribution in [2.24, 2.45) is 10.8 Å². The van der Waals surface area contributed by atoms with Gasteiger partial charge in [0.25, 0.3) is 0 Å². The summed E-state index contributed by atoms with van der Waals surface area (Å²) in [6.07, 6.45) is 1.33. The third kappa shape index (κ3) is 7.85. The van der Waals surface area contributed by atoms with E-state index in [4.69, 9.17) is 4.42 Å². The van der Waals surface area contributed by atoms with Gasteiger partial charge in [-0.2, -0.15) is 13.2 Å². The Morgan fingerprint density at radius 2 is 1.58 bits per heavy atom. The molecule has 267 valence electrons. The number of carbonyl (C=O) groups excluding carboxylic acids is 1. The summed E-state index contributed by atoms with van der Waals surface area (Å²) >= 11 is 1.46. The SMILES string of the molecule is CCC(C)(CC)C(=O)/C=C(\O)C(C)(CC)CC.Cc1cc(-c2nccc3c2sc2cc(CC(F)(F)F)ccc23)[c-]c2oc3ccccc3c12.[Ir]. The number of halogens is 3. The van der Waals surface area contributed by atoms with E-state index in [1.165, 1.54) is 17.4 Å². The maximum atomic E-state index is 12.9. The number of hydrogen-bond acceptors (Lipinski definition) is 5. The molecule has 0 spiro atoms. The van der Waals surface area contributed by atoms with Crippen LogP contribution in [0.15, 0.2) is 77.0 Å². The van der Waals surface area contributed by atoms with E-state index in [0.717, 1.165) is 79.0 Å². The Labute approximate surface area is 309 Å². The minimum atomic E-state index is -4.23. The zero-order chi connectivity index (χ0) is 35.7. The van der Waals surface area contributed by atoms with Gasteiger partial charge in [0.05, 0.1) is 12.0 Å². The zero-order valence-corrected chi connectivity index (χ0v) is 32.7. The van der Waals surface area contributed by atoms with Gasteiger partial charge in [-0.3, -0.25) is 4.79 Å². The fourth-order valence-electron chi connectivity index (χ4n) is 6.06. The number of alkyl halides is 3. The first kappa shape index (κ1) is 39.3. The molecule has 0 fully saturated rings. The number of aliphatic hydroxyl groups is 1. The van der Waals surface area contributed by atoms with Crippen LogP contribution >= 0.6 is 11.3 Å². The van der Waals surface area contributed by atoms with Gasteiger partial charge < -0.3 is 14.5 Å². The second kappa shape index (κ2) is 15.4. The third-order valence-electron chi connectivity index (χ3n) is 10.3. The summed E-state index contributed by atoms with van der Waals surface area (Å²) in [6, 6.07) is 20.2. The van der Waals surface area contributed by atoms with Crippen molar-refractivity contribution in [1.82, 2.24) is 4.98 Å². The van der Waals surface area contributed by atoms with E-state index in [1.54, 1.807) is 24.4 Å². The molecule has 0 atom stereocenters. The van der Waals surface area contributed by atoms with Crippen molar-refractivity contribution in [2.45, 2.75) is 86.7 Å². The topological polar surface area (TPSA) is 63.3 Å². The fourth-order valence-corrected chi connectivity index (χ4v) is 7.33. The number of benzene rings is 3. The van der Waals surface area contributed by atoms with Crippen LogP contribution in [0.4, 0.5) is 13.2 Å². The molecule has 1 radical (unpaired) electrons. The van der Waals surface area contributed by atoms with Crippen LogP contribution in [0.3, 0.4) is 0 Å². The number of carbonyl (C=O) groups is 1. The van der Waals surface area contributed by atoms with Crippen LogP contribution in [0.5, 0.6) is 0 Å². The number of allylic oxidation sites excluding steroid dienone is 2. The van der Waals surface area contributed by atoms with Crippen LogP contribution in [0.25, 0.3) is 53.4 Å². The number of rotatable bonds is 9. The summed E-state index contributed by atoms with van der Waals surface area (Å²) < 4.78 is 46.4. The second-order valence-electron chi connectivity index (χ2n) is 13.4. The Balaban J connectivity index is 0.000000269. The molecule has 0 aliphatic heterocycles. The Kier molecular flexibility index (Phi) is 12.1. The average molecular weight is 879 g/mol. The van der Waals surface area contributed by atoms with E-state index in [2.05, 4.69) is 11.1 Å². The number of pyridine rings is 1. The van der Waals surface area contributed by atoms with Crippen LogP contribution in [0.1, 0.15) is 78.4 Å². The summed E-state index contributed by atoms with van der Waals surface area (Å²) in [5, 5.41) is 14.1. The van der Waals surface area contributed by atoms with Crippen molar-refractivity contribution in [3.8, 4) is 11.3 Å². The van der Waals surface area contributed by atoms with E-state index in [9.17, 15) is 23.1 Å². The number of aryl methyl sites for hydroxylation is 1. The number of nitrogens with zero attached hydrogens (tertiary/aromatic N) is 1. The molecule has 0 unspecified atom stereocenters. The molecule has 0 saturated carbocycles. The van der Waals surface area contributed by atoms with Crippen LogP contribution in [-0.2, 0) is 31.3 Å². The molecule has 0 amide bonds. The molecule has 0 bridgehead atoms. The molecule has 3 aromatic carbocycles. The molecule has 3 heterocycles. The van der Waals surface area contributed by atoms with Crippen molar-refractivity contribution in [3.05, 3.63) is 89.8 Å². The predicted molar refractivity (Wildman–Crippen MR) is 196 cm³/mol. The number of aliphatic hydroxyl groups excluding tert-OH is 1. The number of hydrogen-bond donors (Lipinski definition) is 1. The Morgan fingerprint density at radius 1 is 0.920 bits per heavy atom. The maximum Gasteiger partial charge on any atom is 0.393 e. The van der Waals surface area contributed by atoms with Gasteiger partial charge in [-0.05, 0) is 65.6 Å². The number of aromatic nitrogens is 1. The molecule has 4 nitrogen and oxygen atoms in total. The summed E-state index contributed by atoms with van der Waals surface area (Å²) in [6.45, 7) is 14.1. The minimum absolute atomic E-state index is 0. The van der Waals surface area contributed by atoms with E-state index in [-0.39, 0.29) is 48.0 Å². The van der Waals surface area contributed by atoms with Gasteiger partial charge in [0.1, 0.15) is 11.3 Å². The second-order valence-corrected chi connectivity index (χ2v) is 14.4. The van der Waals surface area contributed by atoms with E-state index < -0.39 is 12.6 Å². The van der Waals surface area contributed by atoms with Crippen LogP contribution in [0.2, 0.25) is 0 Å². The van der Waals surface area contributed by atoms with Gasteiger partial charge in [-0.1, -0.05) is 90.3 Å². The summed E-state index contributed by atoms with van der Waals surface area (Å²) in [5.41, 5.74) is 3.77. The van der Waals surface area contributed by atoms with Crippen molar-refractivity contribution < 1.29 is 47.6 Å². The van der Waals surface area contributed by atoms with Crippen molar-refractivity contribution >= 4 is 59.2 Å². The van der Waals surface area contributed by atoms with E-state index in [0.29, 0.717) is 5.58 Å². The Morgan fingerprint density at radius 3 is 2.22 bits per heavy atom. The standard InChI is InChI=1S/C26H15F3NOS.C15H28O2.Ir/c1-14-10-16(12-21-23(14)19-4-2-3-5-20(19)31-21)24-25-18(8-9-30-24)17-7-6-15(11-22(17)32-25)13-26(27,28)29;1-7-14(5,8-2)12(16)11-13(17)15(6,9-3)10-4;/h2-11H,13H2,1H3;11,16H,7-10H2,1-6H3;/q-1;;/b;12-11-;. The van der Waals surface area contributed by atoms with Gasteiger partial charge in [-0.15, -0.1) is 28.5 Å². The number of ketones is 1. The van der Waals surface area contributed by atoms with Crippen molar-refractivity contribution in [3.63, 3.8) is 0 Å². The summed E-state index contributed by atoms with van der Waals surface area (Å²) in [4.78, 5) is 16.8. The smallest absolute Gasteiger partial charge is 0.393 e. The average Bonchev–Trinajstić information content (AvgIpc) is 3.65. The van der Waals surface area contributed by atoms with Crippen LogP contribution in [-0.4, -0.2) is 22.1 Å². The molecule has 9 heteroatoms. The molecule has 6 rings (SSSR count). The monoisotopic (exact) mass is 879 g/mol. The summed E-state index contributed by atoms with van der Waals surface area (Å²) in [5.74, 6) is 0.286. The quantitative estimate of drug-likeness (QED) is 0.0893. The molecular weight excluding hydrogens is 836 g/mol. The predicted octanol–water partition coefficient (Wildman–Crippen LogP) is 12.9. The first-order chi connectivity index (χ1) is 23.2. The molecule has 50 heavy (non-hydrogen) atoms. The number of fused-ring (bicyclic) bond motifs is 6. The molecule has 0 saturated heterocycles. The fraction of sp³-hybridized carbons (Fsp3) is 0.366. The van der Waals surface area contributed by atoms with E-state index in [1.807, 2.05) is 84.9 Å². The molecule has 6 aromatic rings. The van der Waals surface area contributed by atoms with Crippen LogP contribution in [0, 0.1) is 23.8 Å². The number of para-hydroxylation sites is 1. The normalized spacial score (nSPS) is 12.7. The van der Waals surface area contributed by atoms with Crippen molar-refractivity contribution in [1.29, 1.82) is 0 Å². The molecule has 0 aliphatic carbocycles. The van der Waals surface area contributed by atoms with Gasteiger partial charge >= 0.3 is 6.18 Å². The third-order valence-corrected chi connectivity index (χ3v) is 11.5. The minimum Gasteiger partial charge on any atom is -0.512 e. The Bertz CT molecular complexity index is 2170. The van der Waals surface area contributed by atoms with Gasteiger partial charge in [0.2, 0.25) is 0 Å². The van der Waals surface area contributed by atoms with Gasteiger partial charge in [-0.25, -0.2) is 0 Å². The number of furan rings is 1. The van der Waals surface area contributed by atoms with E-state index >= 15 is 0 Å². The molecule has 0 aliphatic rings. The summed E-state index contributed by atoms with van der Waals surface area (Å²) in [7, 11) is 0. The molecule has 1 N–H and O–H groups in total. The first-order valence-corrected chi connectivity index (χ1v) is 17.7. The molecule has 3 aromatic heterocycles. The van der Waals surface area contributed by atoms with Crippen LogP contribution < -0.4 is 0 Å². The van der Waals surface area contributed by atoms with Gasteiger partial charge in [0.15, 0.2) is 5.78 Å². The van der Waals surface area contributed by atoms with Gasteiger partial charge in [0, 0.05) is 58.3 Å². The zero-order valence-electron chi connectivity index (χ0n) is 29.5. The maximum absolute atomic E-state index is 12.9. The van der Waals surface area contributed by atoms with Crippen molar-refractivity contribution in [2.75, 3.05) is 0 Å². The number of thiophene rings is 1. The largest absolute Gasteiger partial charge is 0.512 e. The first-order valence-electron chi connectivity index (χ1n) is 16.8.